The second-order valence-electron chi connectivity index (χ2n) is 2.92. The second-order valence-corrected chi connectivity index (χ2v) is 2.92. The van der Waals surface area contributed by atoms with Gasteiger partial charge in [0.1, 0.15) is 0 Å². The summed E-state index contributed by atoms with van der Waals surface area (Å²) in [6, 6.07) is 3.41. The van der Waals surface area contributed by atoms with Gasteiger partial charge >= 0.3 is 0 Å². The van der Waals surface area contributed by atoms with Crippen LogP contribution in [0.15, 0.2) is 24.5 Å². The Morgan fingerprint density at radius 1 is 1.47 bits per heavy atom. The van der Waals surface area contributed by atoms with E-state index in [9.17, 15) is 9.59 Å². The molecular formula is C10H13N3O2. The molecule has 0 atom stereocenters. The number of pyridine rings is 1. The maximum atomic E-state index is 11.4. The van der Waals surface area contributed by atoms with Crippen LogP contribution in [0, 0.1) is 0 Å². The molecule has 1 rings (SSSR count). The van der Waals surface area contributed by atoms with Gasteiger partial charge in [0, 0.05) is 25.5 Å². The van der Waals surface area contributed by atoms with Gasteiger partial charge in [-0.3, -0.25) is 14.6 Å². The van der Waals surface area contributed by atoms with Crippen LogP contribution in [0.3, 0.4) is 0 Å². The highest BCUT2D eigenvalue weighted by Crippen LogP contribution is 1.94. The van der Waals surface area contributed by atoms with E-state index >= 15 is 0 Å². The lowest BCUT2D eigenvalue weighted by Gasteiger charge is -2.03. The summed E-state index contributed by atoms with van der Waals surface area (Å²) < 4.78 is 0. The second kappa shape index (κ2) is 6.53. The van der Waals surface area contributed by atoms with Gasteiger partial charge in [-0.2, -0.15) is 0 Å². The van der Waals surface area contributed by atoms with Crippen LogP contribution in [0.2, 0.25) is 0 Å². The predicted octanol–water partition coefficient (Wildman–Crippen LogP) is -0.0525. The third-order valence-corrected chi connectivity index (χ3v) is 1.79. The number of amides is 2. The Bertz CT molecular complexity index is 314. The van der Waals surface area contributed by atoms with E-state index in [0.29, 0.717) is 31.5 Å². The van der Waals surface area contributed by atoms with Crippen LogP contribution < -0.4 is 10.6 Å². The SMILES string of the molecule is O=CNCCCNC(=O)c1cccnc1. The summed E-state index contributed by atoms with van der Waals surface area (Å²) >= 11 is 0. The molecule has 0 saturated heterocycles. The highest BCUT2D eigenvalue weighted by molar-refractivity contribution is 5.93. The van der Waals surface area contributed by atoms with Crippen molar-refractivity contribution >= 4 is 12.3 Å². The highest BCUT2D eigenvalue weighted by Gasteiger charge is 2.02. The van der Waals surface area contributed by atoms with E-state index in [4.69, 9.17) is 0 Å². The number of aromatic nitrogens is 1. The quantitative estimate of drug-likeness (QED) is 0.507. The lowest BCUT2D eigenvalue weighted by molar-refractivity contribution is -0.109. The maximum Gasteiger partial charge on any atom is 0.252 e. The number of carbonyl (C=O) groups excluding carboxylic acids is 2. The summed E-state index contributed by atoms with van der Waals surface area (Å²) in [5.41, 5.74) is 0.542. The normalized spacial score (nSPS) is 9.33. The molecule has 5 nitrogen and oxygen atoms in total. The summed E-state index contributed by atoms with van der Waals surface area (Å²) in [6.07, 6.45) is 4.48. The Morgan fingerprint density at radius 2 is 2.33 bits per heavy atom. The van der Waals surface area contributed by atoms with Gasteiger partial charge < -0.3 is 10.6 Å². The first-order chi connectivity index (χ1) is 7.34. The molecule has 0 radical (unpaired) electrons. The Morgan fingerprint density at radius 3 is 3.00 bits per heavy atom. The van der Waals surface area contributed by atoms with Crippen LogP contribution in [0.25, 0.3) is 0 Å². The molecule has 0 aliphatic carbocycles. The molecule has 0 aromatic carbocycles. The third-order valence-electron chi connectivity index (χ3n) is 1.79. The summed E-state index contributed by atoms with van der Waals surface area (Å²) in [5, 5.41) is 5.24. The minimum absolute atomic E-state index is 0.144. The average molecular weight is 207 g/mol. The van der Waals surface area contributed by atoms with Crippen molar-refractivity contribution in [1.29, 1.82) is 0 Å². The van der Waals surface area contributed by atoms with Crippen molar-refractivity contribution in [3.05, 3.63) is 30.1 Å². The van der Waals surface area contributed by atoms with Crippen molar-refractivity contribution in [2.45, 2.75) is 6.42 Å². The number of hydrogen-bond donors (Lipinski definition) is 2. The van der Waals surface area contributed by atoms with Gasteiger partial charge in [0.05, 0.1) is 5.56 Å². The Kier molecular flexibility index (Phi) is 4.86. The monoisotopic (exact) mass is 207 g/mol. The fraction of sp³-hybridized carbons (Fsp3) is 0.300. The molecule has 0 aliphatic heterocycles. The summed E-state index contributed by atoms with van der Waals surface area (Å²) in [4.78, 5) is 25.2. The maximum absolute atomic E-state index is 11.4. The van der Waals surface area contributed by atoms with Gasteiger partial charge in [-0.15, -0.1) is 0 Å². The van der Waals surface area contributed by atoms with Crippen LogP contribution in [0.5, 0.6) is 0 Å². The summed E-state index contributed by atoms with van der Waals surface area (Å²) in [6.45, 7) is 1.10. The van der Waals surface area contributed by atoms with Gasteiger partial charge in [-0.25, -0.2) is 0 Å². The van der Waals surface area contributed by atoms with Gasteiger partial charge in [0.15, 0.2) is 0 Å². The number of hydrogen-bond acceptors (Lipinski definition) is 3. The lowest BCUT2D eigenvalue weighted by Crippen LogP contribution is -2.27. The topological polar surface area (TPSA) is 71.1 Å². The zero-order chi connectivity index (χ0) is 10.9. The molecule has 0 aliphatic rings. The largest absolute Gasteiger partial charge is 0.359 e. The predicted molar refractivity (Wildman–Crippen MR) is 55.3 cm³/mol. The van der Waals surface area contributed by atoms with Crippen molar-refractivity contribution in [2.75, 3.05) is 13.1 Å². The molecule has 1 aromatic rings. The van der Waals surface area contributed by atoms with E-state index in [-0.39, 0.29) is 5.91 Å². The van der Waals surface area contributed by atoms with Crippen LogP contribution in [0.4, 0.5) is 0 Å². The molecule has 2 N–H and O–H groups in total. The first kappa shape index (κ1) is 11.2. The van der Waals surface area contributed by atoms with Gasteiger partial charge in [0.25, 0.3) is 5.91 Å². The first-order valence-electron chi connectivity index (χ1n) is 4.70. The van der Waals surface area contributed by atoms with Crippen LogP contribution >= 0.6 is 0 Å². The van der Waals surface area contributed by atoms with Crippen molar-refractivity contribution in [3.8, 4) is 0 Å². The van der Waals surface area contributed by atoms with Crippen molar-refractivity contribution in [1.82, 2.24) is 15.6 Å². The van der Waals surface area contributed by atoms with Gasteiger partial charge in [0.2, 0.25) is 6.41 Å². The molecule has 80 valence electrons. The molecule has 0 bridgehead atoms. The molecule has 1 aromatic heterocycles. The van der Waals surface area contributed by atoms with E-state index < -0.39 is 0 Å². The van der Waals surface area contributed by atoms with Crippen LogP contribution in [-0.2, 0) is 4.79 Å². The van der Waals surface area contributed by atoms with Crippen molar-refractivity contribution < 1.29 is 9.59 Å². The molecular weight excluding hydrogens is 194 g/mol. The summed E-state index contributed by atoms with van der Waals surface area (Å²) in [7, 11) is 0. The minimum atomic E-state index is -0.144. The van der Waals surface area contributed by atoms with E-state index in [1.807, 2.05) is 0 Å². The van der Waals surface area contributed by atoms with E-state index in [1.54, 1.807) is 18.3 Å². The molecule has 2 amide bonds. The molecule has 0 unspecified atom stereocenters. The fourth-order valence-electron chi connectivity index (χ4n) is 1.05. The summed E-state index contributed by atoms with van der Waals surface area (Å²) in [5.74, 6) is -0.144. The Balaban J connectivity index is 2.22. The Labute approximate surface area is 87.9 Å². The molecule has 0 saturated carbocycles. The minimum Gasteiger partial charge on any atom is -0.359 e. The van der Waals surface area contributed by atoms with Crippen LogP contribution in [-0.4, -0.2) is 30.4 Å². The molecule has 5 heteroatoms. The molecule has 0 spiro atoms. The number of carbonyl (C=O) groups is 2. The molecule has 1 heterocycles. The van der Waals surface area contributed by atoms with Crippen LogP contribution in [0.1, 0.15) is 16.8 Å². The van der Waals surface area contributed by atoms with Gasteiger partial charge in [-0.05, 0) is 18.6 Å². The zero-order valence-corrected chi connectivity index (χ0v) is 8.27. The Hall–Kier alpha value is -1.91. The first-order valence-corrected chi connectivity index (χ1v) is 4.70. The standard InChI is InChI=1S/C10H13N3O2/c14-8-12-5-2-6-13-10(15)9-3-1-4-11-7-9/h1,3-4,7-8H,2,5-6H2,(H,12,14)(H,13,15). The molecule has 15 heavy (non-hydrogen) atoms. The van der Waals surface area contributed by atoms with Crippen molar-refractivity contribution in [3.63, 3.8) is 0 Å². The number of nitrogens with zero attached hydrogens (tertiary/aromatic N) is 1. The van der Waals surface area contributed by atoms with Crippen molar-refractivity contribution in [2.24, 2.45) is 0 Å². The average Bonchev–Trinajstić information content (AvgIpc) is 2.30. The van der Waals surface area contributed by atoms with Gasteiger partial charge in [-0.1, -0.05) is 0 Å². The van der Waals surface area contributed by atoms with E-state index in [2.05, 4.69) is 15.6 Å². The smallest absolute Gasteiger partial charge is 0.252 e. The number of nitrogens with one attached hydrogen (secondary N) is 2. The third kappa shape index (κ3) is 4.21. The highest BCUT2D eigenvalue weighted by atomic mass is 16.1. The zero-order valence-electron chi connectivity index (χ0n) is 8.27. The fourth-order valence-corrected chi connectivity index (χ4v) is 1.05. The van der Waals surface area contributed by atoms with E-state index in [0.717, 1.165) is 0 Å². The number of rotatable bonds is 6. The van der Waals surface area contributed by atoms with E-state index in [1.165, 1.54) is 6.20 Å². The molecule has 0 fully saturated rings. The lowest BCUT2D eigenvalue weighted by atomic mass is 10.2.